The molecule has 5 heteroatoms. The minimum atomic E-state index is -0.112. The highest BCUT2D eigenvalue weighted by Crippen LogP contribution is 2.50. The summed E-state index contributed by atoms with van der Waals surface area (Å²) in [5, 5.41) is 4.58. The molecule has 12 aromatic rings. The van der Waals surface area contributed by atoms with Crippen LogP contribution in [-0.4, -0.2) is 24.1 Å². The molecule has 0 bridgehead atoms. The van der Waals surface area contributed by atoms with Crippen molar-refractivity contribution in [3.05, 3.63) is 223 Å². The van der Waals surface area contributed by atoms with Crippen molar-refractivity contribution < 1.29 is 0 Å². The molecule has 13 rings (SSSR count). The van der Waals surface area contributed by atoms with Crippen LogP contribution in [0.4, 0.5) is 0 Å². The average molecular weight is 832 g/mol. The SMILES string of the molecule is CC1(C)c2ccccc2-c2cc(-c3nc(-c4ccccc4)nc(-n4c5ccccc5c5ccc6c7ccccc7n(-c7ccc(-c8ccccc8)cc7-c7ccccc7)c6c54)n3)ccc21. The van der Waals surface area contributed by atoms with Gasteiger partial charge in [-0.2, -0.15) is 9.97 Å². The van der Waals surface area contributed by atoms with Crippen LogP contribution in [0.3, 0.4) is 0 Å². The second-order valence-corrected chi connectivity index (χ2v) is 17.6. The topological polar surface area (TPSA) is 48.5 Å². The molecule has 0 amide bonds. The Morgan fingerprint density at radius 1 is 0.338 bits per heavy atom. The number of hydrogen-bond donors (Lipinski definition) is 0. The molecule has 0 fully saturated rings. The number of aromatic nitrogens is 5. The Labute approximate surface area is 376 Å². The van der Waals surface area contributed by atoms with Crippen molar-refractivity contribution in [2.75, 3.05) is 0 Å². The van der Waals surface area contributed by atoms with Gasteiger partial charge in [0.15, 0.2) is 11.6 Å². The van der Waals surface area contributed by atoms with Gasteiger partial charge in [0.05, 0.1) is 27.8 Å². The fraction of sp³-hybridized carbons (Fsp3) is 0.0500. The van der Waals surface area contributed by atoms with Crippen LogP contribution in [0.2, 0.25) is 0 Å². The van der Waals surface area contributed by atoms with E-state index in [-0.39, 0.29) is 5.41 Å². The molecule has 3 aromatic heterocycles. The molecule has 9 aromatic carbocycles. The maximum absolute atomic E-state index is 5.49. The van der Waals surface area contributed by atoms with Crippen LogP contribution >= 0.6 is 0 Å². The van der Waals surface area contributed by atoms with Crippen molar-refractivity contribution in [3.63, 3.8) is 0 Å². The minimum absolute atomic E-state index is 0.112. The lowest BCUT2D eigenvalue weighted by Gasteiger charge is -2.21. The van der Waals surface area contributed by atoms with Crippen LogP contribution < -0.4 is 0 Å². The first-order chi connectivity index (χ1) is 32.0. The van der Waals surface area contributed by atoms with Crippen LogP contribution in [0, 0.1) is 0 Å². The third-order valence-electron chi connectivity index (χ3n) is 13.6. The molecule has 0 unspecified atom stereocenters. The maximum atomic E-state index is 5.49. The van der Waals surface area contributed by atoms with E-state index in [0.29, 0.717) is 17.6 Å². The molecule has 0 N–H and O–H groups in total. The molecule has 1 aliphatic rings. The van der Waals surface area contributed by atoms with Crippen LogP contribution in [0.1, 0.15) is 25.0 Å². The third kappa shape index (κ3) is 5.68. The lowest BCUT2D eigenvalue weighted by Crippen LogP contribution is -2.14. The van der Waals surface area contributed by atoms with E-state index in [2.05, 4.69) is 217 Å². The van der Waals surface area contributed by atoms with Crippen molar-refractivity contribution in [3.8, 4) is 67.8 Å². The zero-order chi connectivity index (χ0) is 43.2. The first-order valence-electron chi connectivity index (χ1n) is 22.3. The van der Waals surface area contributed by atoms with Gasteiger partial charge in [-0.15, -0.1) is 0 Å². The van der Waals surface area contributed by atoms with Crippen molar-refractivity contribution in [2.24, 2.45) is 0 Å². The average Bonchev–Trinajstić information content (AvgIpc) is 3.97. The van der Waals surface area contributed by atoms with E-state index in [1.54, 1.807) is 0 Å². The number of rotatable bonds is 6. The molecule has 0 atom stereocenters. The Hall–Kier alpha value is -8.41. The number of nitrogens with zero attached hydrogens (tertiary/aromatic N) is 5. The zero-order valence-corrected chi connectivity index (χ0v) is 35.9. The Balaban J connectivity index is 1.13. The smallest absolute Gasteiger partial charge is 0.238 e. The third-order valence-corrected chi connectivity index (χ3v) is 13.6. The summed E-state index contributed by atoms with van der Waals surface area (Å²) < 4.78 is 4.76. The number of hydrogen-bond acceptors (Lipinski definition) is 3. The number of benzene rings is 9. The normalized spacial score (nSPS) is 12.9. The summed E-state index contributed by atoms with van der Waals surface area (Å²) in [4.78, 5) is 16.2. The quantitative estimate of drug-likeness (QED) is 0.168. The fourth-order valence-electron chi connectivity index (χ4n) is 10.5. The number of para-hydroxylation sites is 2. The van der Waals surface area contributed by atoms with Crippen molar-refractivity contribution in [2.45, 2.75) is 19.3 Å². The maximum Gasteiger partial charge on any atom is 0.238 e. The predicted molar refractivity (Wildman–Crippen MR) is 268 cm³/mol. The van der Waals surface area contributed by atoms with E-state index in [9.17, 15) is 0 Å². The Morgan fingerprint density at radius 3 is 1.54 bits per heavy atom. The molecular weight excluding hydrogens is 791 g/mol. The number of fused-ring (bicyclic) bond motifs is 10. The first-order valence-corrected chi connectivity index (χ1v) is 22.3. The van der Waals surface area contributed by atoms with Crippen molar-refractivity contribution >= 4 is 43.6 Å². The summed E-state index contributed by atoms with van der Waals surface area (Å²) in [6.45, 7) is 4.63. The molecule has 306 valence electrons. The summed E-state index contributed by atoms with van der Waals surface area (Å²) in [5.74, 6) is 1.81. The molecule has 0 saturated heterocycles. The van der Waals surface area contributed by atoms with Crippen LogP contribution in [0.25, 0.3) is 111 Å². The van der Waals surface area contributed by atoms with Gasteiger partial charge in [0.25, 0.3) is 0 Å². The van der Waals surface area contributed by atoms with Gasteiger partial charge >= 0.3 is 0 Å². The molecule has 1 aliphatic carbocycles. The van der Waals surface area contributed by atoms with E-state index in [0.717, 1.165) is 71.7 Å². The highest BCUT2D eigenvalue weighted by atomic mass is 15.2. The second-order valence-electron chi connectivity index (χ2n) is 17.6. The van der Waals surface area contributed by atoms with Crippen molar-refractivity contribution in [1.82, 2.24) is 24.1 Å². The van der Waals surface area contributed by atoms with E-state index in [1.165, 1.54) is 33.2 Å². The summed E-state index contributed by atoms with van der Waals surface area (Å²) >= 11 is 0. The summed E-state index contributed by atoms with van der Waals surface area (Å²) in [7, 11) is 0. The highest BCUT2D eigenvalue weighted by Gasteiger charge is 2.35. The van der Waals surface area contributed by atoms with Gasteiger partial charge in [-0.05, 0) is 69.3 Å². The molecule has 0 spiro atoms. The lowest BCUT2D eigenvalue weighted by atomic mass is 9.82. The minimum Gasteiger partial charge on any atom is -0.307 e. The van der Waals surface area contributed by atoms with Gasteiger partial charge in [-0.3, -0.25) is 4.57 Å². The molecule has 65 heavy (non-hydrogen) atoms. The van der Waals surface area contributed by atoms with Crippen molar-refractivity contribution in [1.29, 1.82) is 0 Å². The Bertz CT molecular complexity index is 3840. The van der Waals surface area contributed by atoms with Gasteiger partial charge in [0.1, 0.15) is 0 Å². The second kappa shape index (κ2) is 14.3. The lowest BCUT2D eigenvalue weighted by molar-refractivity contribution is 0.660. The van der Waals surface area contributed by atoms with Gasteiger partial charge in [-0.25, -0.2) is 4.98 Å². The molecule has 0 saturated carbocycles. The van der Waals surface area contributed by atoms with Gasteiger partial charge in [0, 0.05) is 43.7 Å². The highest BCUT2D eigenvalue weighted by molar-refractivity contribution is 6.24. The van der Waals surface area contributed by atoms with E-state index < -0.39 is 0 Å². The first kappa shape index (κ1) is 37.2. The van der Waals surface area contributed by atoms with Crippen LogP contribution in [0.15, 0.2) is 212 Å². The van der Waals surface area contributed by atoms with Gasteiger partial charge < -0.3 is 4.57 Å². The fourth-order valence-corrected chi connectivity index (χ4v) is 10.5. The Kier molecular flexibility index (Phi) is 8.18. The summed E-state index contributed by atoms with van der Waals surface area (Å²) in [5.41, 5.74) is 16.9. The molecular formula is C60H41N5. The standard InChI is InChI=1S/C60H41N5/c1-60(2)50-27-15-12-24-43(50)49-37-42(30-34-51(49)60)58-61-57(40-22-10-5-11-23-40)62-59(63-58)65-53-29-17-14-26-45(53)47-33-32-46-44-25-13-16-28-52(44)64(55(46)56(47)65)54-35-31-41(38-18-6-3-7-19-38)36-48(54)39-20-8-4-9-21-39/h3-37H,1-2H3. The van der Waals surface area contributed by atoms with Crippen LogP contribution in [0.5, 0.6) is 0 Å². The molecule has 5 nitrogen and oxygen atoms in total. The van der Waals surface area contributed by atoms with Gasteiger partial charge in [-0.1, -0.05) is 196 Å². The van der Waals surface area contributed by atoms with Crippen LogP contribution in [-0.2, 0) is 5.41 Å². The largest absolute Gasteiger partial charge is 0.307 e. The van der Waals surface area contributed by atoms with E-state index in [1.807, 2.05) is 18.2 Å². The Morgan fingerprint density at radius 2 is 0.846 bits per heavy atom. The summed E-state index contributed by atoms with van der Waals surface area (Å²) in [6.07, 6.45) is 0. The van der Waals surface area contributed by atoms with E-state index >= 15 is 0 Å². The predicted octanol–water partition coefficient (Wildman–Crippen LogP) is 15.0. The zero-order valence-electron chi connectivity index (χ0n) is 35.9. The summed E-state index contributed by atoms with van der Waals surface area (Å²) in [6, 6.07) is 76.1. The molecule has 0 aliphatic heterocycles. The van der Waals surface area contributed by atoms with Gasteiger partial charge in [0.2, 0.25) is 5.95 Å². The monoisotopic (exact) mass is 831 g/mol. The molecule has 0 radical (unpaired) electrons. The molecule has 3 heterocycles. The van der Waals surface area contributed by atoms with E-state index in [4.69, 9.17) is 15.0 Å².